The molecule has 246 valence electrons. The Kier molecular flexibility index (Phi) is 29.1. The van der Waals surface area contributed by atoms with Crippen molar-refractivity contribution in [3.05, 3.63) is 0 Å². The van der Waals surface area contributed by atoms with Crippen molar-refractivity contribution in [2.45, 2.75) is 160 Å². The van der Waals surface area contributed by atoms with Crippen molar-refractivity contribution < 1.29 is 37.9 Å². The molecule has 0 saturated heterocycles. The van der Waals surface area contributed by atoms with Gasteiger partial charge in [-0.2, -0.15) is 0 Å². The molecule has 0 aromatic carbocycles. The number of unbranched alkanes of at least 4 members (excludes halogenated alkanes) is 18. The molecule has 0 rings (SSSR count). The maximum atomic E-state index is 12.3. The lowest BCUT2D eigenvalue weighted by Gasteiger charge is -2.27. The van der Waals surface area contributed by atoms with E-state index in [-0.39, 0.29) is 25.7 Å². The Bertz CT molecular complexity index is 625. The first kappa shape index (κ1) is 40.5. The minimum atomic E-state index is -4.32. The molecular weight excluding hydrogens is 545 g/mol. The fourth-order valence-electron chi connectivity index (χ4n) is 4.91. The SMILES string of the molecule is CCCCCCCCCCCCCCCCCCCC[C@@H](OP(=O)(O)OCCN)[C@H](CO)OCCCCC(=O)OC. The highest BCUT2D eigenvalue weighted by molar-refractivity contribution is 7.47. The second kappa shape index (κ2) is 29.5. The van der Waals surface area contributed by atoms with Crippen molar-refractivity contribution in [1.82, 2.24) is 0 Å². The highest BCUT2D eigenvalue weighted by Gasteiger charge is 2.32. The maximum absolute atomic E-state index is 12.3. The standard InChI is InChI=1S/C31H64NO8P/c1-3-4-5-6-7-8-9-10-11-12-13-14-15-16-17-18-19-20-23-29(40-41(35,36)39-27-25-32)30(28-33)38-26-22-21-24-31(34)37-2/h29-30,33H,3-28,32H2,1-2H3,(H,35,36)/t29-,30+/m1/s1. The summed E-state index contributed by atoms with van der Waals surface area (Å²) >= 11 is 0. The lowest BCUT2D eigenvalue weighted by atomic mass is 10.0. The first-order valence-corrected chi connectivity index (χ1v) is 18.0. The Balaban J connectivity index is 4.10. The Hall–Kier alpha value is -0.540. The number of carbonyl (C=O) groups is 1. The van der Waals surface area contributed by atoms with E-state index in [0.29, 0.717) is 32.3 Å². The summed E-state index contributed by atoms with van der Waals surface area (Å²) in [6.07, 6.45) is 23.5. The monoisotopic (exact) mass is 609 g/mol. The first-order chi connectivity index (χ1) is 19.9. The average molecular weight is 610 g/mol. The summed E-state index contributed by atoms with van der Waals surface area (Å²) < 4.78 is 33.1. The fourth-order valence-corrected chi connectivity index (χ4v) is 5.89. The van der Waals surface area contributed by atoms with Crippen LogP contribution in [0.3, 0.4) is 0 Å². The van der Waals surface area contributed by atoms with Gasteiger partial charge in [-0.1, -0.05) is 122 Å². The van der Waals surface area contributed by atoms with Gasteiger partial charge < -0.3 is 25.2 Å². The molecule has 10 heteroatoms. The number of rotatable bonds is 32. The molecule has 0 radical (unpaired) electrons. The molecule has 0 bridgehead atoms. The number of aliphatic hydroxyl groups is 1. The van der Waals surface area contributed by atoms with E-state index >= 15 is 0 Å². The zero-order chi connectivity index (χ0) is 30.4. The first-order valence-electron chi connectivity index (χ1n) is 16.5. The molecule has 0 aliphatic rings. The minimum absolute atomic E-state index is 0.0952. The highest BCUT2D eigenvalue weighted by atomic mass is 31.2. The Morgan fingerprint density at radius 1 is 0.732 bits per heavy atom. The number of phosphoric ester groups is 1. The van der Waals surface area contributed by atoms with Crippen LogP contribution >= 0.6 is 7.82 Å². The van der Waals surface area contributed by atoms with Crippen molar-refractivity contribution in [3.8, 4) is 0 Å². The van der Waals surface area contributed by atoms with Gasteiger partial charge in [0.2, 0.25) is 0 Å². The molecule has 0 spiro atoms. The normalized spacial score (nSPS) is 14.6. The van der Waals surface area contributed by atoms with Crippen LogP contribution in [0.1, 0.15) is 148 Å². The number of methoxy groups -OCH3 is 1. The highest BCUT2D eigenvalue weighted by Crippen LogP contribution is 2.45. The molecule has 1 unspecified atom stereocenters. The Morgan fingerprint density at radius 3 is 1.66 bits per heavy atom. The Labute approximate surface area is 251 Å². The summed E-state index contributed by atoms with van der Waals surface area (Å²) in [6.45, 7) is 2.21. The van der Waals surface area contributed by atoms with Crippen LogP contribution in [0.4, 0.5) is 0 Å². The van der Waals surface area contributed by atoms with Gasteiger partial charge in [0.1, 0.15) is 6.10 Å². The van der Waals surface area contributed by atoms with E-state index < -0.39 is 20.0 Å². The van der Waals surface area contributed by atoms with Crippen molar-refractivity contribution >= 4 is 13.8 Å². The number of carbonyl (C=O) groups excluding carboxylic acids is 1. The van der Waals surface area contributed by atoms with Gasteiger partial charge in [-0.05, 0) is 19.3 Å². The number of hydrogen-bond acceptors (Lipinski definition) is 8. The van der Waals surface area contributed by atoms with Crippen LogP contribution in [-0.4, -0.2) is 61.7 Å². The van der Waals surface area contributed by atoms with E-state index in [2.05, 4.69) is 11.7 Å². The summed E-state index contributed by atoms with van der Waals surface area (Å²) in [5, 5.41) is 9.89. The number of ether oxygens (including phenoxy) is 2. The van der Waals surface area contributed by atoms with Gasteiger partial charge in [0, 0.05) is 19.6 Å². The van der Waals surface area contributed by atoms with Crippen molar-refractivity contribution in [3.63, 3.8) is 0 Å². The molecule has 0 aliphatic carbocycles. The maximum Gasteiger partial charge on any atom is 0.472 e. The Morgan fingerprint density at radius 2 is 1.22 bits per heavy atom. The topological polar surface area (TPSA) is 138 Å². The third kappa shape index (κ3) is 26.8. The van der Waals surface area contributed by atoms with Gasteiger partial charge in [-0.25, -0.2) is 4.57 Å². The molecule has 0 fully saturated rings. The molecule has 41 heavy (non-hydrogen) atoms. The van der Waals surface area contributed by atoms with Crippen LogP contribution in [0.15, 0.2) is 0 Å². The zero-order valence-electron chi connectivity index (χ0n) is 26.4. The smallest absolute Gasteiger partial charge is 0.469 e. The lowest BCUT2D eigenvalue weighted by molar-refractivity contribution is -0.140. The second-order valence-electron chi connectivity index (χ2n) is 11.2. The summed E-state index contributed by atoms with van der Waals surface area (Å²) in [4.78, 5) is 21.3. The van der Waals surface area contributed by atoms with Gasteiger partial charge in [0.05, 0.1) is 26.4 Å². The van der Waals surface area contributed by atoms with E-state index in [1.807, 2.05) is 0 Å². The number of aliphatic hydroxyl groups excluding tert-OH is 1. The molecule has 0 aliphatic heterocycles. The molecule has 3 atom stereocenters. The number of esters is 1. The van der Waals surface area contributed by atoms with Crippen molar-refractivity contribution in [2.24, 2.45) is 5.73 Å². The number of nitrogens with two attached hydrogens (primary N) is 1. The summed E-state index contributed by atoms with van der Waals surface area (Å²) in [7, 11) is -2.97. The van der Waals surface area contributed by atoms with Gasteiger partial charge in [0.15, 0.2) is 0 Å². The molecule has 4 N–H and O–H groups in total. The fraction of sp³-hybridized carbons (Fsp3) is 0.968. The van der Waals surface area contributed by atoms with Crippen LogP contribution < -0.4 is 5.73 Å². The van der Waals surface area contributed by atoms with E-state index in [1.54, 1.807) is 0 Å². The molecule has 0 heterocycles. The largest absolute Gasteiger partial charge is 0.472 e. The summed E-state index contributed by atoms with van der Waals surface area (Å²) in [6, 6.07) is 0. The van der Waals surface area contributed by atoms with Crippen LogP contribution in [0.25, 0.3) is 0 Å². The quantitative estimate of drug-likeness (QED) is 0.0400. The molecule has 0 aromatic rings. The van der Waals surface area contributed by atoms with E-state index in [0.717, 1.165) is 19.3 Å². The van der Waals surface area contributed by atoms with Gasteiger partial charge in [0.25, 0.3) is 0 Å². The van der Waals surface area contributed by atoms with Crippen molar-refractivity contribution in [1.29, 1.82) is 0 Å². The molecule has 0 saturated carbocycles. The predicted octanol–water partition coefficient (Wildman–Crippen LogP) is 7.60. The molecular formula is C31H64NO8P. The molecule has 0 amide bonds. The minimum Gasteiger partial charge on any atom is -0.469 e. The third-order valence-electron chi connectivity index (χ3n) is 7.41. The number of phosphoric acid groups is 1. The third-order valence-corrected chi connectivity index (χ3v) is 8.46. The van der Waals surface area contributed by atoms with E-state index in [4.69, 9.17) is 19.5 Å². The van der Waals surface area contributed by atoms with Gasteiger partial charge >= 0.3 is 13.8 Å². The van der Waals surface area contributed by atoms with Crippen LogP contribution in [0.2, 0.25) is 0 Å². The molecule has 0 aromatic heterocycles. The van der Waals surface area contributed by atoms with Crippen LogP contribution in [-0.2, 0) is 27.9 Å². The predicted molar refractivity (Wildman–Crippen MR) is 166 cm³/mol. The van der Waals surface area contributed by atoms with Gasteiger partial charge in [-0.15, -0.1) is 0 Å². The zero-order valence-corrected chi connectivity index (χ0v) is 27.3. The van der Waals surface area contributed by atoms with Crippen LogP contribution in [0, 0.1) is 0 Å². The van der Waals surface area contributed by atoms with Crippen molar-refractivity contribution in [2.75, 3.05) is 33.5 Å². The summed E-state index contributed by atoms with van der Waals surface area (Å²) in [5.74, 6) is -0.280. The van der Waals surface area contributed by atoms with Gasteiger partial charge in [-0.3, -0.25) is 13.8 Å². The number of hydrogen-bond donors (Lipinski definition) is 3. The summed E-state index contributed by atoms with van der Waals surface area (Å²) in [5.41, 5.74) is 5.38. The van der Waals surface area contributed by atoms with Crippen LogP contribution in [0.5, 0.6) is 0 Å². The van der Waals surface area contributed by atoms with E-state index in [9.17, 15) is 19.4 Å². The second-order valence-corrected chi connectivity index (χ2v) is 12.6. The molecule has 9 nitrogen and oxygen atoms in total. The average Bonchev–Trinajstić information content (AvgIpc) is 2.96. The lowest BCUT2D eigenvalue weighted by Crippen LogP contribution is -2.35. The van der Waals surface area contributed by atoms with E-state index in [1.165, 1.54) is 103 Å².